The van der Waals surface area contributed by atoms with E-state index in [9.17, 15) is 5.11 Å². The Hall–Kier alpha value is 0.660. The summed E-state index contributed by atoms with van der Waals surface area (Å²) in [5.41, 5.74) is 0. The van der Waals surface area contributed by atoms with Crippen molar-refractivity contribution in [3.63, 3.8) is 0 Å². The number of thioether (sulfide) groups is 1. The molecule has 0 unspecified atom stereocenters. The highest BCUT2D eigenvalue weighted by Crippen LogP contribution is 2.21. The molecule has 0 heterocycles. The molecule has 62 valence electrons. The van der Waals surface area contributed by atoms with Crippen molar-refractivity contribution in [2.75, 3.05) is 11.5 Å². The highest BCUT2D eigenvalue weighted by Gasteiger charge is 2.10. The van der Waals surface area contributed by atoms with Crippen molar-refractivity contribution in [3.8, 4) is 0 Å². The molecular formula is C7H16OS2. The summed E-state index contributed by atoms with van der Waals surface area (Å²) >= 11 is 5.69. The fraction of sp³-hybridized carbons (Fsp3) is 1.00. The van der Waals surface area contributed by atoms with Crippen LogP contribution < -0.4 is 0 Å². The lowest BCUT2D eigenvalue weighted by Gasteiger charge is -2.15. The molecule has 0 fully saturated rings. The second-order valence-electron chi connectivity index (χ2n) is 2.73. The first kappa shape index (κ1) is 10.7. The number of hydrogen-bond donors (Lipinski definition) is 2. The number of aliphatic hydroxyl groups is 1. The minimum atomic E-state index is -0.559. The monoisotopic (exact) mass is 180 g/mol. The molecular weight excluding hydrogens is 164 g/mol. The van der Waals surface area contributed by atoms with E-state index < -0.39 is 4.93 Å². The van der Waals surface area contributed by atoms with Crippen LogP contribution in [0.4, 0.5) is 0 Å². The lowest BCUT2D eigenvalue weighted by Crippen LogP contribution is -2.12. The average molecular weight is 180 g/mol. The van der Waals surface area contributed by atoms with Gasteiger partial charge in [0, 0.05) is 0 Å². The van der Waals surface area contributed by atoms with Gasteiger partial charge in [-0.05, 0) is 38.2 Å². The van der Waals surface area contributed by atoms with Crippen molar-refractivity contribution in [1.29, 1.82) is 0 Å². The van der Waals surface area contributed by atoms with Gasteiger partial charge in [0.1, 0.15) is 4.93 Å². The van der Waals surface area contributed by atoms with Crippen LogP contribution in [0.3, 0.4) is 0 Å². The van der Waals surface area contributed by atoms with Crippen LogP contribution in [0.15, 0.2) is 0 Å². The van der Waals surface area contributed by atoms with Crippen LogP contribution in [0, 0.1) is 0 Å². The molecule has 10 heavy (non-hydrogen) atoms. The zero-order valence-corrected chi connectivity index (χ0v) is 8.34. The molecule has 0 atom stereocenters. The van der Waals surface area contributed by atoms with Gasteiger partial charge in [0.25, 0.3) is 0 Å². The maximum atomic E-state index is 9.26. The topological polar surface area (TPSA) is 20.2 Å². The number of hydrogen-bond acceptors (Lipinski definition) is 3. The third kappa shape index (κ3) is 8.66. The summed E-state index contributed by atoms with van der Waals surface area (Å²) in [5, 5.41) is 9.26. The zero-order valence-electron chi connectivity index (χ0n) is 6.63. The molecule has 0 amide bonds. The van der Waals surface area contributed by atoms with Gasteiger partial charge >= 0.3 is 0 Å². The molecule has 0 saturated carbocycles. The predicted octanol–water partition coefficient (Wildman–Crippen LogP) is 2.16. The minimum Gasteiger partial charge on any atom is -0.380 e. The molecule has 0 aliphatic carbocycles. The van der Waals surface area contributed by atoms with E-state index in [1.165, 1.54) is 0 Å². The zero-order chi connectivity index (χ0) is 8.04. The molecule has 0 aromatic carbocycles. The summed E-state index contributed by atoms with van der Waals surface area (Å²) in [6.07, 6.45) is 2.30. The van der Waals surface area contributed by atoms with Crippen LogP contribution in [0.5, 0.6) is 0 Å². The van der Waals surface area contributed by atoms with E-state index in [4.69, 9.17) is 0 Å². The Morgan fingerprint density at radius 2 is 2.00 bits per heavy atom. The van der Waals surface area contributed by atoms with Crippen molar-refractivity contribution in [2.24, 2.45) is 0 Å². The standard InChI is InChI=1S/C7H16OS2/c1-7(2,8)10-6-4-3-5-9/h8-9H,3-6H2,1-2H3. The largest absolute Gasteiger partial charge is 0.380 e. The van der Waals surface area contributed by atoms with Crippen molar-refractivity contribution in [3.05, 3.63) is 0 Å². The summed E-state index contributed by atoms with van der Waals surface area (Å²) in [7, 11) is 0. The third-order valence-corrected chi connectivity index (χ3v) is 2.52. The van der Waals surface area contributed by atoms with Crippen LogP contribution in [0.25, 0.3) is 0 Å². The highest BCUT2D eigenvalue weighted by molar-refractivity contribution is 8.00. The summed E-state index contributed by atoms with van der Waals surface area (Å²) in [6.45, 7) is 3.64. The van der Waals surface area contributed by atoms with Crippen molar-refractivity contribution in [2.45, 2.75) is 31.6 Å². The van der Waals surface area contributed by atoms with Gasteiger partial charge in [-0.3, -0.25) is 0 Å². The van der Waals surface area contributed by atoms with Gasteiger partial charge in [0.2, 0.25) is 0 Å². The fourth-order valence-electron chi connectivity index (χ4n) is 0.536. The Morgan fingerprint density at radius 1 is 1.40 bits per heavy atom. The second kappa shape index (κ2) is 5.33. The van der Waals surface area contributed by atoms with Gasteiger partial charge in [-0.2, -0.15) is 12.6 Å². The van der Waals surface area contributed by atoms with Crippen LogP contribution in [-0.2, 0) is 0 Å². The van der Waals surface area contributed by atoms with E-state index in [0.717, 1.165) is 24.3 Å². The Morgan fingerprint density at radius 3 is 2.40 bits per heavy atom. The summed E-state index contributed by atoms with van der Waals surface area (Å²) in [4.78, 5) is -0.559. The predicted molar refractivity (Wildman–Crippen MR) is 51.8 cm³/mol. The summed E-state index contributed by atoms with van der Waals surface area (Å²) < 4.78 is 0. The van der Waals surface area contributed by atoms with Crippen LogP contribution >= 0.6 is 24.4 Å². The Labute approximate surface area is 73.0 Å². The first-order valence-electron chi connectivity index (χ1n) is 3.53. The van der Waals surface area contributed by atoms with Gasteiger partial charge in [-0.1, -0.05) is 0 Å². The Bertz CT molecular complexity index is 78.2. The average Bonchev–Trinajstić information content (AvgIpc) is 1.78. The third-order valence-electron chi connectivity index (χ3n) is 1.01. The van der Waals surface area contributed by atoms with Gasteiger partial charge in [-0.15, -0.1) is 11.8 Å². The SMILES string of the molecule is CC(C)(O)SCCCCS. The van der Waals surface area contributed by atoms with Gasteiger partial charge < -0.3 is 5.11 Å². The van der Waals surface area contributed by atoms with Gasteiger partial charge in [0.05, 0.1) is 0 Å². The second-order valence-corrected chi connectivity index (χ2v) is 4.87. The van der Waals surface area contributed by atoms with E-state index in [0.29, 0.717) is 0 Å². The molecule has 0 rings (SSSR count). The molecule has 0 bridgehead atoms. The van der Waals surface area contributed by atoms with E-state index in [1.807, 2.05) is 13.8 Å². The molecule has 1 nitrogen and oxygen atoms in total. The van der Waals surface area contributed by atoms with E-state index in [2.05, 4.69) is 12.6 Å². The van der Waals surface area contributed by atoms with Crippen LogP contribution in [0.2, 0.25) is 0 Å². The van der Waals surface area contributed by atoms with E-state index in [1.54, 1.807) is 11.8 Å². The van der Waals surface area contributed by atoms with Crippen molar-refractivity contribution >= 4 is 24.4 Å². The lowest BCUT2D eigenvalue weighted by molar-refractivity contribution is 0.179. The molecule has 3 heteroatoms. The molecule has 1 N–H and O–H groups in total. The first-order valence-corrected chi connectivity index (χ1v) is 5.15. The normalized spacial score (nSPS) is 12.0. The maximum Gasteiger partial charge on any atom is 0.104 e. The fourth-order valence-corrected chi connectivity index (χ4v) is 1.61. The van der Waals surface area contributed by atoms with Gasteiger partial charge in [0.15, 0.2) is 0 Å². The van der Waals surface area contributed by atoms with Crippen LogP contribution in [0.1, 0.15) is 26.7 Å². The first-order chi connectivity index (χ1) is 4.56. The maximum absolute atomic E-state index is 9.26. The van der Waals surface area contributed by atoms with E-state index in [-0.39, 0.29) is 0 Å². The molecule has 0 saturated heterocycles. The number of thiol groups is 1. The molecule has 0 radical (unpaired) electrons. The quantitative estimate of drug-likeness (QED) is 0.384. The highest BCUT2D eigenvalue weighted by atomic mass is 32.2. The Balaban J connectivity index is 3.04. The molecule has 0 spiro atoms. The molecule has 0 aromatic rings. The smallest absolute Gasteiger partial charge is 0.104 e. The lowest BCUT2D eigenvalue weighted by atomic mass is 10.4. The van der Waals surface area contributed by atoms with Crippen molar-refractivity contribution in [1.82, 2.24) is 0 Å². The summed E-state index contributed by atoms with van der Waals surface area (Å²) in [5.74, 6) is 1.98. The Kier molecular flexibility index (Phi) is 5.68. The molecule has 0 aliphatic rings. The molecule has 0 aliphatic heterocycles. The van der Waals surface area contributed by atoms with Gasteiger partial charge in [-0.25, -0.2) is 0 Å². The summed E-state index contributed by atoms with van der Waals surface area (Å²) in [6, 6.07) is 0. The molecule has 0 aromatic heterocycles. The number of rotatable bonds is 5. The number of unbranched alkanes of at least 4 members (excludes halogenated alkanes) is 1. The van der Waals surface area contributed by atoms with Crippen LogP contribution in [-0.4, -0.2) is 21.5 Å². The minimum absolute atomic E-state index is 0.559. The van der Waals surface area contributed by atoms with Crippen molar-refractivity contribution < 1.29 is 5.11 Å². The van der Waals surface area contributed by atoms with E-state index >= 15 is 0 Å².